The van der Waals surface area contributed by atoms with Crippen LogP contribution in [0.15, 0.2) is 58.3 Å². The van der Waals surface area contributed by atoms with Crippen molar-refractivity contribution in [3.63, 3.8) is 0 Å². The van der Waals surface area contributed by atoms with Gasteiger partial charge in [0, 0.05) is 22.8 Å². The van der Waals surface area contributed by atoms with Crippen LogP contribution < -0.4 is 4.90 Å². The molecule has 0 aromatic heterocycles. The van der Waals surface area contributed by atoms with Crippen LogP contribution in [0.3, 0.4) is 0 Å². The number of carbonyl (C=O) groups excluding carboxylic acids is 2. The van der Waals surface area contributed by atoms with Crippen LogP contribution in [0.25, 0.3) is 0 Å². The van der Waals surface area contributed by atoms with E-state index in [1.807, 2.05) is 47.4 Å². The summed E-state index contributed by atoms with van der Waals surface area (Å²) >= 11 is 1.64. The minimum Gasteiger partial charge on any atom is -0.469 e. The van der Waals surface area contributed by atoms with Gasteiger partial charge >= 0.3 is 5.97 Å². The first-order valence-electron chi connectivity index (χ1n) is 8.45. The second-order valence-electron chi connectivity index (χ2n) is 5.91. The van der Waals surface area contributed by atoms with Gasteiger partial charge in [0.1, 0.15) is 0 Å². The number of hydrogen-bond acceptors (Lipinski definition) is 4. The number of hydrogen-bond donors (Lipinski definition) is 0. The molecule has 0 unspecified atom stereocenters. The second-order valence-corrected chi connectivity index (χ2v) is 6.99. The lowest BCUT2D eigenvalue weighted by molar-refractivity contribution is -0.140. The minimum absolute atomic E-state index is 0.0426. The largest absolute Gasteiger partial charge is 0.469 e. The Kier molecular flexibility index (Phi) is 5.76. The van der Waals surface area contributed by atoms with Crippen molar-refractivity contribution in [1.82, 2.24) is 0 Å². The van der Waals surface area contributed by atoms with E-state index in [9.17, 15) is 9.59 Å². The van der Waals surface area contributed by atoms with Crippen LogP contribution in [0, 0.1) is 0 Å². The summed E-state index contributed by atoms with van der Waals surface area (Å²) in [7, 11) is 1.41. The monoisotopic (exact) mass is 355 g/mol. The van der Waals surface area contributed by atoms with Gasteiger partial charge in [-0.25, -0.2) is 0 Å². The molecule has 0 atom stereocenters. The summed E-state index contributed by atoms with van der Waals surface area (Å²) in [6.45, 7) is 0.645. The van der Waals surface area contributed by atoms with Gasteiger partial charge in [-0.15, -0.1) is 0 Å². The van der Waals surface area contributed by atoms with Crippen LogP contribution >= 0.6 is 11.8 Å². The summed E-state index contributed by atoms with van der Waals surface area (Å²) in [6, 6.07) is 15.8. The number of carbonyl (C=O) groups is 2. The number of benzene rings is 2. The molecule has 2 aromatic carbocycles. The summed E-state index contributed by atoms with van der Waals surface area (Å²) in [6.07, 6.45) is 2.95. The highest BCUT2D eigenvalue weighted by atomic mass is 32.2. The molecule has 0 saturated carbocycles. The number of nitrogens with zero attached hydrogens (tertiary/aromatic N) is 1. The summed E-state index contributed by atoms with van der Waals surface area (Å²) in [5, 5.41) is 0. The van der Waals surface area contributed by atoms with Crippen LogP contribution in [0.5, 0.6) is 0 Å². The number of unbranched alkanes of at least 4 members (excludes halogenated alkanes) is 2. The van der Waals surface area contributed by atoms with Gasteiger partial charge in [-0.2, -0.15) is 0 Å². The maximum absolute atomic E-state index is 13.1. The Morgan fingerprint density at radius 1 is 1.00 bits per heavy atom. The predicted molar refractivity (Wildman–Crippen MR) is 99.2 cm³/mol. The van der Waals surface area contributed by atoms with Crippen molar-refractivity contribution < 1.29 is 14.3 Å². The summed E-state index contributed by atoms with van der Waals surface area (Å²) in [4.78, 5) is 28.2. The van der Waals surface area contributed by atoms with Crippen LogP contribution in [0.4, 0.5) is 5.69 Å². The maximum Gasteiger partial charge on any atom is 0.305 e. The summed E-state index contributed by atoms with van der Waals surface area (Å²) in [5.41, 5.74) is 1.71. The molecular weight excluding hydrogens is 334 g/mol. The number of amides is 1. The van der Waals surface area contributed by atoms with Crippen molar-refractivity contribution in [2.45, 2.75) is 35.5 Å². The zero-order chi connectivity index (χ0) is 17.6. The summed E-state index contributed by atoms with van der Waals surface area (Å²) in [5.74, 6) is -0.137. The van der Waals surface area contributed by atoms with Crippen molar-refractivity contribution in [2.75, 3.05) is 18.6 Å². The van der Waals surface area contributed by atoms with E-state index in [0.717, 1.165) is 40.3 Å². The van der Waals surface area contributed by atoms with E-state index < -0.39 is 0 Å². The first-order chi connectivity index (χ1) is 12.2. The number of fused-ring (bicyclic) bond motifs is 2. The standard InChI is InChI=1S/C20H21NO3S/c1-24-19(22)13-3-2-8-14-21-16-10-5-7-12-18(16)25-17-11-6-4-9-15(17)20(21)23/h4-7,9-12H,2-3,8,13-14H2,1H3. The van der Waals surface area contributed by atoms with Crippen molar-refractivity contribution >= 4 is 29.3 Å². The van der Waals surface area contributed by atoms with E-state index >= 15 is 0 Å². The molecule has 3 rings (SSSR count). The molecule has 0 saturated heterocycles. The highest BCUT2D eigenvalue weighted by molar-refractivity contribution is 7.99. The topological polar surface area (TPSA) is 46.6 Å². The molecule has 1 aliphatic heterocycles. The summed E-state index contributed by atoms with van der Waals surface area (Å²) < 4.78 is 4.66. The van der Waals surface area contributed by atoms with E-state index in [0.29, 0.717) is 13.0 Å². The molecule has 2 aromatic rings. The van der Waals surface area contributed by atoms with Gasteiger partial charge in [0.15, 0.2) is 0 Å². The molecule has 5 heteroatoms. The van der Waals surface area contributed by atoms with E-state index in [1.54, 1.807) is 11.8 Å². The quantitative estimate of drug-likeness (QED) is 0.564. The smallest absolute Gasteiger partial charge is 0.305 e. The van der Waals surface area contributed by atoms with Crippen molar-refractivity contribution in [1.29, 1.82) is 0 Å². The molecule has 25 heavy (non-hydrogen) atoms. The highest BCUT2D eigenvalue weighted by Crippen LogP contribution is 2.41. The Morgan fingerprint density at radius 3 is 2.52 bits per heavy atom. The van der Waals surface area contributed by atoms with Crippen molar-refractivity contribution in [3.8, 4) is 0 Å². The molecule has 130 valence electrons. The number of para-hydroxylation sites is 1. The molecule has 1 heterocycles. The number of rotatable bonds is 6. The minimum atomic E-state index is -0.179. The third-order valence-corrected chi connectivity index (χ3v) is 5.37. The van der Waals surface area contributed by atoms with Crippen molar-refractivity contribution in [2.24, 2.45) is 0 Å². The molecule has 4 nitrogen and oxygen atoms in total. The molecule has 0 aliphatic carbocycles. The zero-order valence-electron chi connectivity index (χ0n) is 14.2. The molecule has 0 radical (unpaired) electrons. The molecule has 0 fully saturated rings. The lowest BCUT2D eigenvalue weighted by Crippen LogP contribution is -2.31. The van der Waals surface area contributed by atoms with Gasteiger partial charge in [0.2, 0.25) is 0 Å². The average Bonchev–Trinajstić information content (AvgIpc) is 2.76. The molecule has 1 amide bonds. The Bertz CT molecular complexity index is 775. The maximum atomic E-state index is 13.1. The number of methoxy groups -OCH3 is 1. The van der Waals surface area contributed by atoms with E-state index in [-0.39, 0.29) is 11.9 Å². The Morgan fingerprint density at radius 2 is 1.72 bits per heavy atom. The van der Waals surface area contributed by atoms with Gasteiger partial charge in [0.05, 0.1) is 18.4 Å². The predicted octanol–water partition coefficient (Wildman–Crippen LogP) is 4.53. The fourth-order valence-electron chi connectivity index (χ4n) is 2.91. The van der Waals surface area contributed by atoms with Gasteiger partial charge in [-0.1, -0.05) is 42.4 Å². The van der Waals surface area contributed by atoms with Gasteiger partial charge in [-0.05, 0) is 37.1 Å². The third-order valence-electron chi connectivity index (χ3n) is 4.23. The number of anilines is 1. The average molecular weight is 355 g/mol. The molecule has 0 bridgehead atoms. The zero-order valence-corrected chi connectivity index (χ0v) is 15.1. The van der Waals surface area contributed by atoms with Crippen molar-refractivity contribution in [3.05, 3.63) is 54.1 Å². The van der Waals surface area contributed by atoms with Crippen LogP contribution in [0.1, 0.15) is 36.0 Å². The second kappa shape index (κ2) is 8.21. The molecule has 0 N–H and O–H groups in total. The van der Waals surface area contributed by atoms with Gasteiger partial charge < -0.3 is 9.64 Å². The normalized spacial score (nSPS) is 13.0. The Labute approximate surface area is 152 Å². The third kappa shape index (κ3) is 4.04. The first-order valence-corrected chi connectivity index (χ1v) is 9.27. The lowest BCUT2D eigenvalue weighted by atomic mass is 10.1. The SMILES string of the molecule is COC(=O)CCCCCN1C(=O)c2ccccc2Sc2ccccc21. The molecular formula is C20H21NO3S. The van der Waals surface area contributed by atoms with Crippen LogP contribution in [-0.2, 0) is 9.53 Å². The van der Waals surface area contributed by atoms with Crippen LogP contribution in [0.2, 0.25) is 0 Å². The van der Waals surface area contributed by atoms with E-state index in [2.05, 4.69) is 10.8 Å². The van der Waals surface area contributed by atoms with Gasteiger partial charge in [-0.3, -0.25) is 9.59 Å². The van der Waals surface area contributed by atoms with E-state index in [1.165, 1.54) is 7.11 Å². The van der Waals surface area contributed by atoms with Crippen LogP contribution in [-0.4, -0.2) is 25.5 Å². The fourth-order valence-corrected chi connectivity index (χ4v) is 3.99. The van der Waals surface area contributed by atoms with Gasteiger partial charge in [0.25, 0.3) is 5.91 Å². The Balaban J connectivity index is 1.75. The first kappa shape index (κ1) is 17.5. The number of esters is 1. The van der Waals surface area contributed by atoms with E-state index in [4.69, 9.17) is 0 Å². The highest BCUT2D eigenvalue weighted by Gasteiger charge is 2.26. The number of ether oxygens (including phenoxy) is 1. The molecule has 0 spiro atoms. The fraction of sp³-hybridized carbons (Fsp3) is 0.300. The molecule has 1 aliphatic rings. The Hall–Kier alpha value is -2.27. The lowest BCUT2D eigenvalue weighted by Gasteiger charge is -2.23.